The van der Waals surface area contributed by atoms with Gasteiger partial charge in [0.05, 0.1) is 16.6 Å². The molecule has 296 valence electrons. The number of hydrogen-bond donors (Lipinski definition) is 0. The number of rotatable bonds is 7. The van der Waals surface area contributed by atoms with Crippen molar-refractivity contribution in [3.8, 4) is 11.3 Å². The number of nitrogens with zero attached hydrogens (tertiary/aromatic N) is 5. The normalized spacial score (nSPS) is 15.7. The summed E-state index contributed by atoms with van der Waals surface area (Å²) in [6.07, 6.45) is 15.0. The summed E-state index contributed by atoms with van der Waals surface area (Å²) in [5.74, 6) is 0.378. The molecule has 0 N–H and O–H groups in total. The maximum absolute atomic E-state index is 5.13. The Labute approximate surface area is 353 Å². The van der Waals surface area contributed by atoms with Crippen LogP contribution in [-0.4, -0.2) is 26.6 Å². The van der Waals surface area contributed by atoms with Crippen molar-refractivity contribution in [3.63, 3.8) is 0 Å². The van der Waals surface area contributed by atoms with Crippen LogP contribution in [0.25, 0.3) is 65.4 Å². The number of benzene rings is 5. The maximum Gasteiger partial charge on any atom is 3.00 e. The number of aryl methyl sites for hydroxylation is 1. The molecule has 0 atom stereocenters. The van der Waals surface area contributed by atoms with Gasteiger partial charge in [-0.3, -0.25) is 4.98 Å². The van der Waals surface area contributed by atoms with Crippen LogP contribution < -0.4 is 0 Å². The van der Waals surface area contributed by atoms with Crippen molar-refractivity contribution in [2.75, 3.05) is 0 Å². The van der Waals surface area contributed by atoms with Gasteiger partial charge in [0.1, 0.15) is 6.33 Å². The average Bonchev–Trinajstić information content (AvgIpc) is 3.50. The second-order valence-electron chi connectivity index (χ2n) is 17.6. The second-order valence-corrected chi connectivity index (χ2v) is 17.6. The van der Waals surface area contributed by atoms with Gasteiger partial charge < -0.3 is 15.2 Å². The number of aromatic nitrogens is 3. The first-order valence-corrected chi connectivity index (χ1v) is 21.2. The van der Waals surface area contributed by atoms with Crippen LogP contribution >= 0.6 is 0 Å². The minimum Gasteiger partial charge on any atom is -0.671 e. The van der Waals surface area contributed by atoms with Crippen molar-refractivity contribution in [1.29, 1.82) is 0 Å². The molecule has 2 aliphatic rings. The summed E-state index contributed by atoms with van der Waals surface area (Å²) in [7, 11) is 2.15. The summed E-state index contributed by atoms with van der Waals surface area (Å²) in [6.45, 7) is 11.3. The maximum atomic E-state index is 5.13. The summed E-state index contributed by atoms with van der Waals surface area (Å²) in [6, 6.07) is 37.2. The molecule has 0 aliphatic heterocycles. The standard InChI is InChI=1S/C32H30N3.C19H28N2.Ir/c1-19(2)27-24-12-8-7-10-21(24)17-26-29-31(35(6)30(26)27)28(33-18-34-29)25-13-9-11-20-16-22(32(3,4)5)14-15-23(20)25;1-4-10-16(11-5-1)19(20-17-12-6-2-7-13-17)21-18-14-8-3-9-15-18;/h7-12,14-19H,1-6H3;1,4-5,10-11,17-19H,2-3,6-9,12-15H2;/q-1;-2;+3. The van der Waals surface area contributed by atoms with Gasteiger partial charge in [0.25, 0.3) is 0 Å². The van der Waals surface area contributed by atoms with Crippen molar-refractivity contribution in [2.45, 2.75) is 128 Å². The van der Waals surface area contributed by atoms with Crippen LogP contribution in [0.5, 0.6) is 0 Å². The molecular weight excluding hydrogens is 875 g/mol. The Morgan fingerprint density at radius 1 is 0.684 bits per heavy atom. The molecule has 0 amide bonds. The van der Waals surface area contributed by atoms with Gasteiger partial charge in [-0.2, -0.15) is 0 Å². The molecular formula is C51H58IrN5. The molecule has 0 unspecified atom stereocenters. The van der Waals surface area contributed by atoms with Crippen molar-refractivity contribution in [1.82, 2.24) is 14.5 Å². The van der Waals surface area contributed by atoms with Gasteiger partial charge in [-0.25, -0.2) is 11.1 Å². The van der Waals surface area contributed by atoms with E-state index < -0.39 is 0 Å². The van der Waals surface area contributed by atoms with Crippen LogP contribution in [0.2, 0.25) is 0 Å². The molecule has 57 heavy (non-hydrogen) atoms. The molecule has 7 aromatic rings. The molecule has 0 bridgehead atoms. The van der Waals surface area contributed by atoms with Gasteiger partial charge in [0, 0.05) is 18.1 Å². The molecule has 0 saturated heterocycles. The van der Waals surface area contributed by atoms with Crippen molar-refractivity contribution < 1.29 is 20.1 Å². The van der Waals surface area contributed by atoms with Crippen LogP contribution in [0, 0.1) is 6.07 Å². The average molecular weight is 933 g/mol. The van der Waals surface area contributed by atoms with Gasteiger partial charge >= 0.3 is 20.1 Å². The van der Waals surface area contributed by atoms with Gasteiger partial charge in [-0.15, -0.1) is 41.2 Å². The van der Waals surface area contributed by atoms with E-state index in [-0.39, 0.29) is 31.7 Å². The Morgan fingerprint density at radius 3 is 1.96 bits per heavy atom. The van der Waals surface area contributed by atoms with Crippen LogP contribution in [0.3, 0.4) is 0 Å². The number of fused-ring (bicyclic) bond motifs is 5. The van der Waals surface area contributed by atoms with E-state index in [4.69, 9.17) is 20.6 Å². The van der Waals surface area contributed by atoms with Crippen molar-refractivity contribution >= 4 is 43.5 Å². The van der Waals surface area contributed by atoms with Gasteiger partial charge in [0.2, 0.25) is 0 Å². The Kier molecular flexibility index (Phi) is 13.0. The first kappa shape index (κ1) is 41.2. The largest absolute Gasteiger partial charge is 3.00 e. The third-order valence-corrected chi connectivity index (χ3v) is 12.3. The first-order valence-electron chi connectivity index (χ1n) is 21.2. The van der Waals surface area contributed by atoms with Crippen molar-refractivity contribution in [3.05, 3.63) is 131 Å². The smallest absolute Gasteiger partial charge is 0.671 e. The quantitative estimate of drug-likeness (QED) is 0.150. The van der Waals surface area contributed by atoms with E-state index >= 15 is 0 Å². The third-order valence-electron chi connectivity index (χ3n) is 12.3. The van der Waals surface area contributed by atoms with E-state index in [9.17, 15) is 0 Å². The van der Waals surface area contributed by atoms with Crippen LogP contribution in [0.4, 0.5) is 0 Å². The Hall–Kier alpha value is -3.93. The molecule has 6 heteroatoms. The van der Waals surface area contributed by atoms with Gasteiger partial charge in [-0.05, 0) is 39.3 Å². The molecule has 2 aromatic heterocycles. The molecule has 2 aliphatic carbocycles. The second kappa shape index (κ2) is 17.9. The molecule has 0 radical (unpaired) electrons. The Balaban J connectivity index is 0.000000193. The summed E-state index contributed by atoms with van der Waals surface area (Å²) in [5, 5.41) is 16.4. The van der Waals surface area contributed by atoms with Crippen LogP contribution in [-0.2, 0) is 32.6 Å². The van der Waals surface area contributed by atoms with E-state index in [0.29, 0.717) is 18.0 Å². The molecule has 2 heterocycles. The Morgan fingerprint density at radius 2 is 1.32 bits per heavy atom. The van der Waals surface area contributed by atoms with Crippen LogP contribution in [0.15, 0.2) is 97.3 Å². The topological polar surface area (TPSA) is 58.9 Å². The van der Waals surface area contributed by atoms with E-state index in [1.54, 1.807) is 6.33 Å². The predicted molar refractivity (Wildman–Crippen MR) is 238 cm³/mol. The zero-order chi connectivity index (χ0) is 38.8. The first-order chi connectivity index (χ1) is 27.2. The van der Waals surface area contributed by atoms with E-state index in [1.807, 2.05) is 6.07 Å². The van der Waals surface area contributed by atoms with E-state index in [2.05, 4.69) is 137 Å². The van der Waals surface area contributed by atoms with E-state index in [1.165, 1.54) is 113 Å². The number of hydrogen-bond acceptors (Lipinski definition) is 2. The monoisotopic (exact) mass is 933 g/mol. The zero-order valence-electron chi connectivity index (χ0n) is 34.7. The fourth-order valence-electron chi connectivity index (χ4n) is 9.26. The van der Waals surface area contributed by atoms with Gasteiger partial charge in [-0.1, -0.05) is 183 Å². The Bertz CT molecular complexity index is 2410. The SMILES string of the molecule is CC(C)c1c2ccccc2cc2c3ncnc(-c4[c-]ccc5cc(C(C)(C)C)ccc45)c3n(C)c12.[Ir+3].c1ccc(C([N-]C2CCCCC2)[N-]C2CCCCC2)cc1. The molecule has 5 aromatic carbocycles. The summed E-state index contributed by atoms with van der Waals surface area (Å²) in [5.41, 5.74) is 9.33. The molecule has 2 saturated carbocycles. The van der Waals surface area contributed by atoms with Crippen LogP contribution in [0.1, 0.15) is 128 Å². The summed E-state index contributed by atoms with van der Waals surface area (Å²) >= 11 is 0. The third kappa shape index (κ3) is 8.76. The van der Waals surface area contributed by atoms with Crippen molar-refractivity contribution in [2.24, 2.45) is 7.05 Å². The fraction of sp³-hybridized carbons (Fsp3) is 0.412. The molecule has 0 spiro atoms. The molecule has 9 rings (SSSR count). The molecule has 5 nitrogen and oxygen atoms in total. The predicted octanol–water partition coefficient (Wildman–Crippen LogP) is 14.4. The zero-order valence-corrected chi connectivity index (χ0v) is 37.1. The van der Waals surface area contributed by atoms with E-state index in [0.717, 1.165) is 22.3 Å². The minimum atomic E-state index is 0. The van der Waals surface area contributed by atoms with Gasteiger partial charge in [0.15, 0.2) is 0 Å². The summed E-state index contributed by atoms with van der Waals surface area (Å²) in [4.78, 5) is 9.64. The summed E-state index contributed by atoms with van der Waals surface area (Å²) < 4.78 is 2.30. The molecule has 2 fully saturated rings. The minimum absolute atomic E-state index is 0. The fourth-order valence-corrected chi connectivity index (χ4v) is 9.26.